The van der Waals surface area contributed by atoms with Gasteiger partial charge in [0.25, 0.3) is 0 Å². The molecular formula is C16H23NO. The van der Waals surface area contributed by atoms with Crippen LogP contribution in [0.3, 0.4) is 0 Å². The zero-order chi connectivity index (χ0) is 12.8. The first-order chi connectivity index (χ1) is 8.81. The monoisotopic (exact) mass is 245 g/mol. The molecular weight excluding hydrogens is 222 g/mol. The second-order valence-electron chi connectivity index (χ2n) is 5.03. The van der Waals surface area contributed by atoms with E-state index in [4.69, 9.17) is 4.74 Å². The average molecular weight is 245 g/mol. The lowest BCUT2D eigenvalue weighted by Crippen LogP contribution is -2.31. The fourth-order valence-corrected chi connectivity index (χ4v) is 2.18. The number of allylic oxidation sites excluding steroid dienone is 1. The predicted octanol–water partition coefficient (Wildman–Crippen LogP) is 3.18. The van der Waals surface area contributed by atoms with E-state index in [0.29, 0.717) is 6.04 Å². The molecule has 1 atom stereocenters. The summed E-state index contributed by atoms with van der Waals surface area (Å²) in [6.45, 7) is 7.69. The minimum absolute atomic E-state index is 0.636. The molecule has 18 heavy (non-hydrogen) atoms. The molecule has 0 spiro atoms. The van der Waals surface area contributed by atoms with Crippen molar-refractivity contribution in [1.82, 2.24) is 5.32 Å². The Morgan fingerprint density at radius 3 is 2.94 bits per heavy atom. The Labute approximate surface area is 110 Å². The quantitative estimate of drug-likeness (QED) is 0.561. The summed E-state index contributed by atoms with van der Waals surface area (Å²) in [6.07, 6.45) is 5.55. The summed E-state index contributed by atoms with van der Waals surface area (Å²) in [7, 11) is 0. The molecule has 98 valence electrons. The molecule has 0 bridgehead atoms. The van der Waals surface area contributed by atoms with Crippen molar-refractivity contribution in [2.45, 2.75) is 32.2 Å². The third kappa shape index (κ3) is 3.88. The van der Waals surface area contributed by atoms with Crippen LogP contribution in [0.25, 0.3) is 0 Å². The number of hydrogen-bond acceptors (Lipinski definition) is 2. The second kappa shape index (κ2) is 6.60. The number of ether oxygens (including phenoxy) is 1. The number of para-hydroxylation sites is 1. The maximum atomic E-state index is 5.83. The Kier molecular flexibility index (Phi) is 4.82. The standard InChI is InChI=1S/C16H23NO/c1-3-6-15-7-4-5-8-16(15)18-12-11-17-13(2)14-9-10-14/h3-5,7-8,13-14,17H,1,6,9-12H2,2H3. The summed E-state index contributed by atoms with van der Waals surface area (Å²) in [5.74, 6) is 1.89. The van der Waals surface area contributed by atoms with Crippen LogP contribution in [0.2, 0.25) is 0 Å². The van der Waals surface area contributed by atoms with Crippen LogP contribution in [0.15, 0.2) is 36.9 Å². The van der Waals surface area contributed by atoms with Crippen molar-refractivity contribution < 1.29 is 4.74 Å². The first-order valence-electron chi connectivity index (χ1n) is 6.86. The molecule has 1 aromatic carbocycles. The first-order valence-corrected chi connectivity index (χ1v) is 6.86. The van der Waals surface area contributed by atoms with Gasteiger partial charge in [-0.15, -0.1) is 6.58 Å². The van der Waals surface area contributed by atoms with Crippen molar-refractivity contribution in [3.05, 3.63) is 42.5 Å². The summed E-state index contributed by atoms with van der Waals surface area (Å²) in [4.78, 5) is 0. The molecule has 1 aliphatic carbocycles. The van der Waals surface area contributed by atoms with Crippen LogP contribution in [0, 0.1) is 5.92 Å². The first kappa shape index (κ1) is 13.2. The lowest BCUT2D eigenvalue weighted by atomic mass is 10.1. The number of nitrogens with one attached hydrogen (secondary N) is 1. The molecule has 0 aliphatic heterocycles. The van der Waals surface area contributed by atoms with E-state index in [1.807, 2.05) is 24.3 Å². The highest BCUT2D eigenvalue weighted by Gasteiger charge is 2.27. The summed E-state index contributed by atoms with van der Waals surface area (Å²) < 4.78 is 5.83. The van der Waals surface area contributed by atoms with E-state index in [1.165, 1.54) is 18.4 Å². The Bertz CT molecular complexity index is 384. The van der Waals surface area contributed by atoms with Crippen LogP contribution in [0.1, 0.15) is 25.3 Å². The lowest BCUT2D eigenvalue weighted by molar-refractivity contribution is 0.301. The van der Waals surface area contributed by atoms with Gasteiger partial charge >= 0.3 is 0 Å². The second-order valence-corrected chi connectivity index (χ2v) is 5.03. The van der Waals surface area contributed by atoms with Crippen molar-refractivity contribution in [3.63, 3.8) is 0 Å². The minimum Gasteiger partial charge on any atom is -0.492 e. The zero-order valence-electron chi connectivity index (χ0n) is 11.2. The van der Waals surface area contributed by atoms with Crippen LogP contribution in [-0.4, -0.2) is 19.2 Å². The molecule has 1 unspecified atom stereocenters. The van der Waals surface area contributed by atoms with Crippen molar-refractivity contribution in [2.75, 3.05) is 13.2 Å². The van der Waals surface area contributed by atoms with Gasteiger partial charge in [-0.3, -0.25) is 0 Å². The van der Waals surface area contributed by atoms with Crippen LogP contribution >= 0.6 is 0 Å². The molecule has 0 saturated heterocycles. The summed E-state index contributed by atoms with van der Waals surface area (Å²) in [6, 6.07) is 8.82. The highest BCUT2D eigenvalue weighted by atomic mass is 16.5. The molecule has 0 aromatic heterocycles. The number of hydrogen-bond donors (Lipinski definition) is 1. The van der Waals surface area contributed by atoms with Gasteiger partial charge in [-0.2, -0.15) is 0 Å². The molecule has 1 aromatic rings. The maximum absolute atomic E-state index is 5.83. The van der Waals surface area contributed by atoms with E-state index in [2.05, 4.69) is 24.9 Å². The van der Waals surface area contributed by atoms with Crippen LogP contribution in [0.5, 0.6) is 5.75 Å². The molecule has 0 amide bonds. The maximum Gasteiger partial charge on any atom is 0.122 e. The Balaban J connectivity index is 1.73. The predicted molar refractivity (Wildman–Crippen MR) is 76.0 cm³/mol. The van der Waals surface area contributed by atoms with Gasteiger partial charge in [0.05, 0.1) is 0 Å². The average Bonchev–Trinajstić information content (AvgIpc) is 3.21. The smallest absolute Gasteiger partial charge is 0.122 e. The topological polar surface area (TPSA) is 21.3 Å². The van der Waals surface area contributed by atoms with Crippen molar-refractivity contribution in [1.29, 1.82) is 0 Å². The highest BCUT2D eigenvalue weighted by Crippen LogP contribution is 2.32. The minimum atomic E-state index is 0.636. The fourth-order valence-electron chi connectivity index (χ4n) is 2.18. The van der Waals surface area contributed by atoms with E-state index in [1.54, 1.807) is 0 Å². The third-order valence-electron chi connectivity index (χ3n) is 3.49. The Morgan fingerprint density at radius 2 is 2.22 bits per heavy atom. The van der Waals surface area contributed by atoms with Gasteiger partial charge in [0, 0.05) is 12.6 Å². The van der Waals surface area contributed by atoms with Gasteiger partial charge < -0.3 is 10.1 Å². The van der Waals surface area contributed by atoms with Gasteiger partial charge in [0.15, 0.2) is 0 Å². The molecule has 0 radical (unpaired) electrons. The van der Waals surface area contributed by atoms with Gasteiger partial charge in [0.2, 0.25) is 0 Å². The summed E-state index contributed by atoms with van der Waals surface area (Å²) >= 11 is 0. The Hall–Kier alpha value is -1.28. The van der Waals surface area contributed by atoms with Gasteiger partial charge in [-0.1, -0.05) is 24.3 Å². The molecule has 0 heterocycles. The Morgan fingerprint density at radius 1 is 1.44 bits per heavy atom. The largest absolute Gasteiger partial charge is 0.492 e. The van der Waals surface area contributed by atoms with Crippen LogP contribution < -0.4 is 10.1 Å². The summed E-state index contributed by atoms with van der Waals surface area (Å²) in [5.41, 5.74) is 1.21. The van der Waals surface area contributed by atoms with Crippen molar-refractivity contribution >= 4 is 0 Å². The van der Waals surface area contributed by atoms with E-state index >= 15 is 0 Å². The number of benzene rings is 1. The van der Waals surface area contributed by atoms with E-state index < -0.39 is 0 Å². The molecule has 2 rings (SSSR count). The van der Waals surface area contributed by atoms with Gasteiger partial charge in [-0.05, 0) is 43.7 Å². The zero-order valence-corrected chi connectivity index (χ0v) is 11.2. The molecule has 1 fully saturated rings. The molecule has 1 N–H and O–H groups in total. The van der Waals surface area contributed by atoms with E-state index in [9.17, 15) is 0 Å². The lowest BCUT2D eigenvalue weighted by Gasteiger charge is -2.14. The molecule has 1 saturated carbocycles. The fraction of sp³-hybridized carbons (Fsp3) is 0.500. The van der Waals surface area contributed by atoms with Crippen LogP contribution in [0.4, 0.5) is 0 Å². The highest BCUT2D eigenvalue weighted by molar-refractivity contribution is 5.34. The van der Waals surface area contributed by atoms with Gasteiger partial charge in [-0.25, -0.2) is 0 Å². The van der Waals surface area contributed by atoms with Crippen molar-refractivity contribution in [3.8, 4) is 5.75 Å². The van der Waals surface area contributed by atoms with E-state index in [-0.39, 0.29) is 0 Å². The van der Waals surface area contributed by atoms with Crippen LogP contribution in [-0.2, 0) is 6.42 Å². The van der Waals surface area contributed by atoms with Gasteiger partial charge in [0.1, 0.15) is 12.4 Å². The van der Waals surface area contributed by atoms with E-state index in [0.717, 1.165) is 31.2 Å². The molecule has 2 nitrogen and oxygen atoms in total. The SMILES string of the molecule is C=CCc1ccccc1OCCNC(C)C1CC1. The normalized spacial score (nSPS) is 16.3. The third-order valence-corrected chi connectivity index (χ3v) is 3.49. The van der Waals surface area contributed by atoms with Crippen molar-refractivity contribution in [2.24, 2.45) is 5.92 Å². The summed E-state index contributed by atoms with van der Waals surface area (Å²) in [5, 5.41) is 3.52. The number of rotatable bonds is 8. The molecule has 1 aliphatic rings. The molecule has 2 heteroatoms.